The van der Waals surface area contributed by atoms with Gasteiger partial charge in [-0.2, -0.15) is 0 Å². The summed E-state index contributed by atoms with van der Waals surface area (Å²) in [6, 6.07) is 0. The van der Waals surface area contributed by atoms with Gasteiger partial charge in [-0.15, -0.1) is 0 Å². The van der Waals surface area contributed by atoms with Gasteiger partial charge < -0.3 is 0 Å². The summed E-state index contributed by atoms with van der Waals surface area (Å²) < 4.78 is 1.20. The molecule has 0 saturated carbocycles. The summed E-state index contributed by atoms with van der Waals surface area (Å²) in [6.07, 6.45) is 0. The summed E-state index contributed by atoms with van der Waals surface area (Å²) in [5, 5.41) is 0. The van der Waals surface area contributed by atoms with E-state index in [2.05, 4.69) is 15.9 Å². The van der Waals surface area contributed by atoms with E-state index in [0.29, 0.717) is 10.1 Å². The molecule has 1 nitrogen and oxygen atoms in total. The molecule has 0 aromatic carbocycles. The van der Waals surface area contributed by atoms with Gasteiger partial charge in [-0.05, 0) is 0 Å². The first-order chi connectivity index (χ1) is 6.87. The van der Waals surface area contributed by atoms with Gasteiger partial charge in [-0.25, -0.2) is 0 Å². The van der Waals surface area contributed by atoms with Crippen molar-refractivity contribution in [2.24, 2.45) is 0 Å². The maximum atomic E-state index is 12.4. The molecule has 10 fully saturated rings. The van der Waals surface area contributed by atoms with Crippen LogP contribution in [0.5, 0.6) is 0 Å². The Labute approximate surface area is 85.8 Å². The van der Waals surface area contributed by atoms with Crippen molar-refractivity contribution in [1.29, 1.82) is 0 Å². The Bertz CT molecular complexity index is 1000. The number of fused-ring (bicyclic) bond motifs is 10. The molecule has 3 heteroatoms. The zero-order chi connectivity index (χ0) is 9.51. The third-order valence-electron chi connectivity index (χ3n) is 15.2. The molecule has 1 spiro atoms. The van der Waals surface area contributed by atoms with E-state index in [-0.39, 0.29) is 0 Å². The van der Waals surface area contributed by atoms with E-state index in [1.54, 1.807) is 0 Å². The summed E-state index contributed by atoms with van der Waals surface area (Å²) in [5.41, 5.74) is 0. The number of hydrogen-bond donors (Lipinski definition) is 0. The van der Waals surface area contributed by atoms with Crippen LogP contribution in [0.3, 0.4) is 0 Å². The van der Waals surface area contributed by atoms with E-state index < -0.39 is 6.51 Å². The Balaban J connectivity index is 1.93. The second kappa shape index (κ2) is 0.382. The van der Waals surface area contributed by atoms with Gasteiger partial charge in [0.1, 0.15) is 0 Å². The molecule has 0 aromatic heterocycles. The number of halogens is 1. The minimum atomic E-state index is -3.19. The molecule has 0 radical (unpaired) electrons. The number of hydrogen-bond acceptors (Lipinski definition) is 1. The SMILES string of the molecule is CC(=O)[C]12[CH]3[CH]4[CH]5[CH]1[Fe]45321678[CH]2[CH]1[CH]6[C]7(Br)[CH]28. The van der Waals surface area contributed by atoms with Crippen LogP contribution in [0.4, 0.5) is 0 Å². The maximum absolute atomic E-state index is 12.4. The van der Waals surface area contributed by atoms with E-state index >= 15 is 0 Å². The quantitative estimate of drug-likeness (QED) is 0.534. The molecule has 0 aromatic rings. The third kappa shape index (κ3) is 0.0435. The average molecular weight is 307 g/mol. The van der Waals surface area contributed by atoms with Crippen LogP contribution >= 0.6 is 15.9 Å². The van der Waals surface area contributed by atoms with Crippen molar-refractivity contribution in [3.8, 4) is 0 Å². The van der Waals surface area contributed by atoms with E-state index in [0.717, 1.165) is 12.9 Å². The monoisotopic (exact) mass is 306 g/mol. The summed E-state index contributed by atoms with van der Waals surface area (Å²) in [4.78, 5) is 21.9. The summed E-state index contributed by atoms with van der Waals surface area (Å²) >= 11 is 4.28. The van der Waals surface area contributed by atoms with Crippen LogP contribution in [-0.4, -0.2) is 9.01 Å². The predicted molar refractivity (Wildman–Crippen MR) is 55.0 cm³/mol. The number of Topliss-reactive ketones (excluding diaryl/α,β-unsaturated/α-hetero) is 1. The van der Waals surface area contributed by atoms with Gasteiger partial charge in [0.25, 0.3) is 0 Å². The van der Waals surface area contributed by atoms with Crippen LogP contribution in [0.15, 0.2) is 0 Å². The molecule has 80 valence electrons. The van der Waals surface area contributed by atoms with Crippen molar-refractivity contribution < 1.29 is 11.3 Å². The molecule has 10 aliphatic heterocycles. The van der Waals surface area contributed by atoms with Crippen molar-refractivity contribution in [3.05, 3.63) is 0 Å². The van der Waals surface area contributed by atoms with Gasteiger partial charge >= 0.3 is 86.0 Å². The van der Waals surface area contributed by atoms with Gasteiger partial charge in [0, 0.05) is 0 Å². The molecule has 10 heterocycles. The van der Waals surface area contributed by atoms with E-state index in [1.807, 2.05) is 6.92 Å². The molecule has 10 saturated heterocycles. The molecular formula is C12H11BrFeO. The first kappa shape index (κ1) is 5.54. The van der Waals surface area contributed by atoms with Crippen molar-refractivity contribution >= 4 is 21.7 Å². The molecule has 0 bridgehead atoms. The zero-order valence-electron chi connectivity index (χ0n) is 8.26. The second-order valence-electron chi connectivity index (χ2n) is 10.2. The molecule has 10 aliphatic rings. The fraction of sp³-hybridized carbons (Fsp3) is 0.917. The number of alkyl halides is 1. The molecule has 8 unspecified atom stereocenters. The van der Waals surface area contributed by atoms with Gasteiger partial charge in [0.15, 0.2) is 0 Å². The Morgan fingerprint density at radius 3 is 1.60 bits per heavy atom. The topological polar surface area (TPSA) is 17.1 Å². The predicted octanol–water partition coefficient (Wildman–Crippen LogP) is 3.64. The van der Waals surface area contributed by atoms with Crippen molar-refractivity contribution in [3.63, 3.8) is 0 Å². The van der Waals surface area contributed by atoms with Crippen LogP contribution < -0.4 is 0 Å². The van der Waals surface area contributed by atoms with Crippen molar-refractivity contribution in [1.82, 2.24) is 0 Å². The average Bonchev–Trinajstić information content (AvgIpc) is 3.10. The summed E-state index contributed by atoms with van der Waals surface area (Å²) in [7, 11) is 0. The number of rotatable bonds is 1. The van der Waals surface area contributed by atoms with E-state index in [4.69, 9.17) is 0 Å². The molecule has 8 atom stereocenters. The number of ketones is 1. The van der Waals surface area contributed by atoms with E-state index in [9.17, 15) is 4.79 Å². The molecule has 10 rings (SSSR count). The summed E-state index contributed by atoms with van der Waals surface area (Å²) in [5.74, 6) is 0.688. The first-order valence-electron chi connectivity index (χ1n) is 6.28. The van der Waals surface area contributed by atoms with Gasteiger partial charge in [-0.3, -0.25) is 0 Å². The third-order valence-corrected chi connectivity index (χ3v) is 65.1. The Morgan fingerprint density at radius 1 is 1.07 bits per heavy atom. The fourth-order valence-corrected chi connectivity index (χ4v) is 105. The number of carbonyl (C=O) groups is 1. The first-order valence-corrected chi connectivity index (χ1v) is 13.3. The fourth-order valence-electron chi connectivity index (χ4n) is 17.2. The standard InChI is InChI=1S/C7H7O.C5H4Br.Fe/c1-6(8)7-4-2-3-5-7;6-5-3-1-2-4-5;/h2-5H,1H3;1-4H;. The number of carbonyl (C=O) groups excluding carboxylic acids is 1. The molecule has 15 heavy (non-hydrogen) atoms. The second-order valence-corrected chi connectivity index (χ2v) is 35.4. The van der Waals surface area contributed by atoms with Crippen LogP contribution in [0.2, 0.25) is 42.8 Å². The molecule has 0 N–H and O–H groups in total. The van der Waals surface area contributed by atoms with Crippen LogP contribution in [0.1, 0.15) is 6.92 Å². The van der Waals surface area contributed by atoms with E-state index in [1.165, 1.54) is 28.9 Å². The van der Waals surface area contributed by atoms with Crippen LogP contribution in [0.25, 0.3) is 0 Å². The minimum absolute atomic E-state index is 0.470. The normalized spacial score (nSPS) is 138. The molecular weight excluding hydrogens is 296 g/mol. The van der Waals surface area contributed by atoms with Gasteiger partial charge in [0.05, 0.1) is 0 Å². The van der Waals surface area contributed by atoms with Crippen LogP contribution in [0, 0.1) is 0 Å². The Morgan fingerprint density at radius 2 is 1.53 bits per heavy atom. The summed E-state index contributed by atoms with van der Waals surface area (Å²) in [6.45, 7) is -1.22. The van der Waals surface area contributed by atoms with Gasteiger partial charge in [-0.1, -0.05) is 0 Å². The van der Waals surface area contributed by atoms with Crippen LogP contribution in [-0.2, 0) is 11.3 Å². The molecule has 0 aliphatic carbocycles. The van der Waals surface area contributed by atoms with Gasteiger partial charge in [0.2, 0.25) is 0 Å². The van der Waals surface area contributed by atoms with Crippen molar-refractivity contribution in [2.75, 3.05) is 0 Å². The molecule has 0 amide bonds. The van der Waals surface area contributed by atoms with Crippen molar-refractivity contribution in [2.45, 2.75) is 53.0 Å². The Kier molecular flexibility index (Phi) is 0.141. The Hall–Kier alpha value is 0.669. The zero-order valence-corrected chi connectivity index (χ0v) is 10.9.